The molecule has 0 radical (unpaired) electrons. The number of halogens is 1. The van der Waals surface area contributed by atoms with Gasteiger partial charge in [0.2, 0.25) is 0 Å². The number of allylic oxidation sites excluding steroid dienone is 1. The second-order valence-corrected chi connectivity index (χ2v) is 4.13. The number of aromatic nitrogens is 2. The number of aryl methyl sites for hydroxylation is 2. The Labute approximate surface area is 102 Å². The molecule has 90 valence electrons. The van der Waals surface area contributed by atoms with Gasteiger partial charge in [-0.05, 0) is 26.4 Å². The first kappa shape index (κ1) is 13.3. The molecule has 1 heterocycles. The maximum Gasteiger partial charge on any atom is 0.0852 e. The fourth-order valence-electron chi connectivity index (χ4n) is 1.58. The minimum atomic E-state index is 0.822. The van der Waals surface area contributed by atoms with Gasteiger partial charge in [0, 0.05) is 13.5 Å². The fraction of sp³-hybridized carbons (Fsp3) is 0.583. The SMILES string of the molecule is CCc1nn(C)c(CC=CCCNC)c1Cl. The monoisotopic (exact) mass is 241 g/mol. The number of rotatable bonds is 6. The molecular formula is C12H20ClN3. The molecule has 0 amide bonds. The molecule has 0 saturated carbocycles. The van der Waals surface area contributed by atoms with E-state index in [4.69, 9.17) is 11.6 Å². The van der Waals surface area contributed by atoms with Gasteiger partial charge in [0.05, 0.1) is 16.4 Å². The summed E-state index contributed by atoms with van der Waals surface area (Å²) in [7, 11) is 3.90. The van der Waals surface area contributed by atoms with Crippen LogP contribution in [0, 0.1) is 0 Å². The highest BCUT2D eigenvalue weighted by molar-refractivity contribution is 6.31. The van der Waals surface area contributed by atoms with E-state index < -0.39 is 0 Å². The summed E-state index contributed by atoms with van der Waals surface area (Å²) in [6, 6.07) is 0. The van der Waals surface area contributed by atoms with E-state index in [-0.39, 0.29) is 0 Å². The molecule has 16 heavy (non-hydrogen) atoms. The second kappa shape index (κ2) is 6.71. The molecule has 0 unspecified atom stereocenters. The third-order valence-electron chi connectivity index (χ3n) is 2.54. The summed E-state index contributed by atoms with van der Waals surface area (Å²) in [6.45, 7) is 3.08. The maximum absolute atomic E-state index is 6.24. The van der Waals surface area contributed by atoms with Crippen LogP contribution in [-0.2, 0) is 19.9 Å². The van der Waals surface area contributed by atoms with E-state index >= 15 is 0 Å². The van der Waals surface area contributed by atoms with Gasteiger partial charge < -0.3 is 5.32 Å². The minimum absolute atomic E-state index is 0.822. The van der Waals surface area contributed by atoms with Gasteiger partial charge in [-0.2, -0.15) is 5.10 Å². The molecule has 0 aromatic carbocycles. The van der Waals surface area contributed by atoms with E-state index in [1.54, 1.807) is 0 Å². The Morgan fingerprint density at radius 2 is 2.19 bits per heavy atom. The Morgan fingerprint density at radius 1 is 1.44 bits per heavy atom. The molecule has 1 aromatic rings. The van der Waals surface area contributed by atoms with Crippen molar-refractivity contribution in [1.29, 1.82) is 0 Å². The zero-order valence-corrected chi connectivity index (χ0v) is 11.0. The topological polar surface area (TPSA) is 29.9 Å². The minimum Gasteiger partial charge on any atom is -0.319 e. The van der Waals surface area contributed by atoms with Gasteiger partial charge >= 0.3 is 0 Å². The third kappa shape index (κ3) is 3.35. The van der Waals surface area contributed by atoms with Gasteiger partial charge in [-0.1, -0.05) is 30.7 Å². The molecule has 0 aliphatic heterocycles. The molecule has 4 heteroatoms. The van der Waals surface area contributed by atoms with Gasteiger partial charge in [-0.25, -0.2) is 0 Å². The highest BCUT2D eigenvalue weighted by Gasteiger charge is 2.10. The summed E-state index contributed by atoms with van der Waals surface area (Å²) < 4.78 is 1.88. The number of hydrogen-bond acceptors (Lipinski definition) is 2. The Morgan fingerprint density at radius 3 is 2.75 bits per heavy atom. The molecular weight excluding hydrogens is 222 g/mol. The van der Waals surface area contributed by atoms with Crippen molar-refractivity contribution >= 4 is 11.6 Å². The first-order valence-corrected chi connectivity index (χ1v) is 6.08. The lowest BCUT2D eigenvalue weighted by Gasteiger charge is -1.98. The van der Waals surface area contributed by atoms with Crippen LogP contribution in [0.5, 0.6) is 0 Å². The van der Waals surface area contributed by atoms with Crippen molar-refractivity contribution in [2.45, 2.75) is 26.2 Å². The average molecular weight is 242 g/mol. The summed E-state index contributed by atoms with van der Waals surface area (Å²) in [5.41, 5.74) is 2.09. The first-order valence-electron chi connectivity index (χ1n) is 5.70. The summed E-state index contributed by atoms with van der Waals surface area (Å²) in [5.74, 6) is 0. The Hall–Kier alpha value is -0.800. The van der Waals surface area contributed by atoms with E-state index in [0.29, 0.717) is 0 Å². The summed E-state index contributed by atoms with van der Waals surface area (Å²) in [4.78, 5) is 0. The van der Waals surface area contributed by atoms with Gasteiger partial charge in [0.1, 0.15) is 0 Å². The zero-order valence-electron chi connectivity index (χ0n) is 10.3. The van der Waals surface area contributed by atoms with E-state index in [1.165, 1.54) is 0 Å². The largest absolute Gasteiger partial charge is 0.319 e. The van der Waals surface area contributed by atoms with Crippen molar-refractivity contribution in [1.82, 2.24) is 15.1 Å². The van der Waals surface area contributed by atoms with Crippen LogP contribution < -0.4 is 5.32 Å². The lowest BCUT2D eigenvalue weighted by atomic mass is 10.2. The predicted molar refractivity (Wildman–Crippen MR) is 69.0 cm³/mol. The zero-order chi connectivity index (χ0) is 12.0. The highest BCUT2D eigenvalue weighted by Crippen LogP contribution is 2.21. The maximum atomic E-state index is 6.24. The van der Waals surface area contributed by atoms with Crippen LogP contribution >= 0.6 is 11.6 Å². The molecule has 0 aliphatic carbocycles. The van der Waals surface area contributed by atoms with Crippen LogP contribution in [0.25, 0.3) is 0 Å². The van der Waals surface area contributed by atoms with Crippen LogP contribution in [0.1, 0.15) is 24.7 Å². The fourth-order valence-corrected chi connectivity index (χ4v) is 1.95. The molecule has 0 atom stereocenters. The number of nitrogens with one attached hydrogen (secondary N) is 1. The van der Waals surface area contributed by atoms with Gasteiger partial charge in [-0.15, -0.1) is 0 Å². The Bertz CT molecular complexity index is 355. The van der Waals surface area contributed by atoms with Crippen molar-refractivity contribution in [2.75, 3.05) is 13.6 Å². The molecule has 1 N–H and O–H groups in total. The Kier molecular flexibility index (Phi) is 5.56. The molecule has 0 fully saturated rings. The van der Waals surface area contributed by atoms with Crippen molar-refractivity contribution in [2.24, 2.45) is 7.05 Å². The molecule has 0 bridgehead atoms. The van der Waals surface area contributed by atoms with Crippen molar-refractivity contribution in [3.63, 3.8) is 0 Å². The van der Waals surface area contributed by atoms with Crippen molar-refractivity contribution in [3.8, 4) is 0 Å². The van der Waals surface area contributed by atoms with Gasteiger partial charge in [0.25, 0.3) is 0 Å². The summed E-state index contributed by atoms with van der Waals surface area (Å²) >= 11 is 6.24. The lowest BCUT2D eigenvalue weighted by Crippen LogP contribution is -2.05. The predicted octanol–water partition coefficient (Wildman–Crippen LogP) is 2.34. The van der Waals surface area contributed by atoms with Crippen LogP contribution in [0.15, 0.2) is 12.2 Å². The van der Waals surface area contributed by atoms with E-state index in [9.17, 15) is 0 Å². The van der Waals surface area contributed by atoms with E-state index in [2.05, 4.69) is 29.5 Å². The van der Waals surface area contributed by atoms with Gasteiger partial charge in [-0.3, -0.25) is 4.68 Å². The highest BCUT2D eigenvalue weighted by atomic mass is 35.5. The van der Waals surface area contributed by atoms with Crippen LogP contribution in [0.2, 0.25) is 5.02 Å². The molecule has 1 rings (SSSR count). The van der Waals surface area contributed by atoms with E-state index in [0.717, 1.165) is 42.2 Å². The van der Waals surface area contributed by atoms with Crippen LogP contribution in [0.3, 0.4) is 0 Å². The van der Waals surface area contributed by atoms with Crippen LogP contribution in [0.4, 0.5) is 0 Å². The Balaban J connectivity index is 2.59. The summed E-state index contributed by atoms with van der Waals surface area (Å²) in [6.07, 6.45) is 7.11. The van der Waals surface area contributed by atoms with E-state index in [1.807, 2.05) is 18.8 Å². The number of hydrogen-bond donors (Lipinski definition) is 1. The lowest BCUT2D eigenvalue weighted by molar-refractivity contribution is 0.712. The van der Waals surface area contributed by atoms with Gasteiger partial charge in [0.15, 0.2) is 0 Å². The summed E-state index contributed by atoms with van der Waals surface area (Å²) in [5, 5.41) is 8.31. The molecule has 0 spiro atoms. The standard InChI is InChI=1S/C12H20ClN3/c1-4-10-12(13)11(16(3)15-10)8-6-5-7-9-14-2/h5-6,14H,4,7-9H2,1-3H3. The molecule has 0 aliphatic rings. The van der Waals surface area contributed by atoms with Crippen molar-refractivity contribution in [3.05, 3.63) is 28.6 Å². The normalized spacial score (nSPS) is 11.5. The number of nitrogens with zero attached hydrogens (tertiary/aromatic N) is 2. The second-order valence-electron chi connectivity index (χ2n) is 3.75. The van der Waals surface area contributed by atoms with Crippen LogP contribution in [-0.4, -0.2) is 23.4 Å². The smallest absolute Gasteiger partial charge is 0.0852 e. The molecule has 0 saturated heterocycles. The molecule has 3 nitrogen and oxygen atoms in total. The first-order chi connectivity index (χ1) is 7.70. The van der Waals surface area contributed by atoms with Crippen molar-refractivity contribution < 1.29 is 0 Å². The molecule has 1 aromatic heterocycles. The quantitative estimate of drug-likeness (QED) is 0.612. The average Bonchev–Trinajstić information content (AvgIpc) is 2.55. The third-order valence-corrected chi connectivity index (χ3v) is 2.98.